The average Bonchev–Trinajstić information content (AvgIpc) is 2.53. The van der Waals surface area contributed by atoms with E-state index in [0.717, 1.165) is 12.2 Å². The zero-order valence-corrected chi connectivity index (χ0v) is 13.3. The lowest BCUT2D eigenvalue weighted by Gasteiger charge is -2.15. The molecule has 1 aromatic carbocycles. The van der Waals surface area contributed by atoms with Gasteiger partial charge < -0.3 is 10.1 Å². The third-order valence-corrected chi connectivity index (χ3v) is 3.68. The van der Waals surface area contributed by atoms with E-state index >= 15 is 0 Å². The fourth-order valence-corrected chi connectivity index (χ4v) is 2.21. The van der Waals surface area contributed by atoms with Gasteiger partial charge in [-0.15, -0.1) is 0 Å². The van der Waals surface area contributed by atoms with Gasteiger partial charge in [0.25, 0.3) is 0 Å². The van der Waals surface area contributed by atoms with Crippen LogP contribution in [0, 0.1) is 0 Å². The van der Waals surface area contributed by atoms with Gasteiger partial charge in [0, 0.05) is 18.7 Å². The van der Waals surface area contributed by atoms with Crippen molar-refractivity contribution in [3.63, 3.8) is 0 Å². The Kier molecular flexibility index (Phi) is 5.34. The summed E-state index contributed by atoms with van der Waals surface area (Å²) in [5.41, 5.74) is 3.66. The van der Waals surface area contributed by atoms with Crippen LogP contribution >= 0.6 is 0 Å². The van der Waals surface area contributed by atoms with Crippen LogP contribution in [0.1, 0.15) is 49.6 Å². The van der Waals surface area contributed by atoms with Crippen molar-refractivity contribution in [2.75, 3.05) is 7.11 Å². The maximum atomic E-state index is 5.14. The molecule has 1 N–H and O–H groups in total. The summed E-state index contributed by atoms with van der Waals surface area (Å²) in [7, 11) is 1.64. The van der Waals surface area contributed by atoms with Crippen molar-refractivity contribution < 1.29 is 4.74 Å². The van der Waals surface area contributed by atoms with Crippen molar-refractivity contribution >= 4 is 0 Å². The van der Waals surface area contributed by atoms with Crippen LogP contribution in [-0.4, -0.2) is 12.1 Å². The maximum Gasteiger partial charge on any atom is 0.213 e. The monoisotopic (exact) mass is 284 g/mol. The Bertz CT molecular complexity index is 564. The van der Waals surface area contributed by atoms with Crippen LogP contribution in [-0.2, 0) is 6.54 Å². The highest BCUT2D eigenvalue weighted by Gasteiger charge is 2.07. The fraction of sp³-hybridized carbons (Fsp3) is 0.389. The van der Waals surface area contributed by atoms with Gasteiger partial charge in [-0.3, -0.25) is 0 Å². The van der Waals surface area contributed by atoms with Crippen molar-refractivity contribution in [1.29, 1.82) is 0 Å². The maximum absolute atomic E-state index is 5.14. The highest BCUT2D eigenvalue weighted by Crippen LogP contribution is 2.19. The highest BCUT2D eigenvalue weighted by molar-refractivity contribution is 5.26. The molecule has 2 aromatic rings. The molecule has 0 saturated heterocycles. The molecule has 21 heavy (non-hydrogen) atoms. The summed E-state index contributed by atoms with van der Waals surface area (Å²) in [5.74, 6) is 1.23. The first-order valence-electron chi connectivity index (χ1n) is 7.43. The van der Waals surface area contributed by atoms with E-state index in [4.69, 9.17) is 4.74 Å². The van der Waals surface area contributed by atoms with E-state index in [9.17, 15) is 0 Å². The summed E-state index contributed by atoms with van der Waals surface area (Å²) in [6, 6.07) is 14.9. The quantitative estimate of drug-likeness (QED) is 0.868. The van der Waals surface area contributed by atoms with Gasteiger partial charge in [0.1, 0.15) is 0 Å². The summed E-state index contributed by atoms with van der Waals surface area (Å²) in [4.78, 5) is 4.41. The number of nitrogens with one attached hydrogen (secondary N) is 1. The summed E-state index contributed by atoms with van der Waals surface area (Å²) >= 11 is 0. The lowest BCUT2D eigenvalue weighted by Crippen LogP contribution is -2.18. The molecule has 1 aromatic heterocycles. The molecule has 1 atom stereocenters. The molecule has 0 aliphatic rings. The van der Waals surface area contributed by atoms with Gasteiger partial charge in [-0.25, -0.2) is 4.98 Å². The Morgan fingerprint density at radius 3 is 2.29 bits per heavy atom. The molecule has 112 valence electrons. The molecular weight excluding hydrogens is 260 g/mol. The molecule has 0 bridgehead atoms. The molecule has 0 fully saturated rings. The second-order valence-corrected chi connectivity index (χ2v) is 5.60. The Morgan fingerprint density at radius 2 is 1.67 bits per heavy atom. The number of nitrogens with zero attached hydrogens (tertiary/aromatic N) is 1. The molecule has 3 heteroatoms. The number of ether oxygens (including phenoxy) is 1. The second-order valence-electron chi connectivity index (χ2n) is 5.60. The van der Waals surface area contributed by atoms with Gasteiger partial charge in [-0.05, 0) is 30.0 Å². The highest BCUT2D eigenvalue weighted by atomic mass is 16.5. The topological polar surface area (TPSA) is 34.1 Å². The third-order valence-electron chi connectivity index (χ3n) is 3.68. The zero-order chi connectivity index (χ0) is 15.2. The molecular formula is C18H24N2O. The van der Waals surface area contributed by atoms with Crippen LogP contribution in [0.2, 0.25) is 0 Å². The number of hydrogen-bond donors (Lipinski definition) is 1. The fourth-order valence-electron chi connectivity index (χ4n) is 2.21. The minimum Gasteiger partial charge on any atom is -0.481 e. The largest absolute Gasteiger partial charge is 0.481 e. The van der Waals surface area contributed by atoms with E-state index in [1.165, 1.54) is 11.1 Å². The predicted molar refractivity (Wildman–Crippen MR) is 86.6 cm³/mol. The Hall–Kier alpha value is -1.87. The van der Waals surface area contributed by atoms with Gasteiger partial charge in [-0.2, -0.15) is 0 Å². The Balaban J connectivity index is 1.96. The number of aromatic nitrogens is 1. The summed E-state index contributed by atoms with van der Waals surface area (Å²) in [5, 5.41) is 3.50. The first kappa shape index (κ1) is 15.5. The number of methoxy groups -OCH3 is 1. The molecule has 0 aliphatic carbocycles. The third kappa shape index (κ3) is 4.30. The van der Waals surface area contributed by atoms with Gasteiger partial charge in [0.05, 0.1) is 12.8 Å². The van der Waals surface area contributed by atoms with Gasteiger partial charge >= 0.3 is 0 Å². The Labute approximate surface area is 127 Å². The van der Waals surface area contributed by atoms with E-state index in [1.807, 2.05) is 18.2 Å². The first-order valence-corrected chi connectivity index (χ1v) is 7.43. The van der Waals surface area contributed by atoms with E-state index in [0.29, 0.717) is 17.8 Å². The first-order chi connectivity index (χ1) is 10.1. The van der Waals surface area contributed by atoms with Crippen LogP contribution in [0.3, 0.4) is 0 Å². The second kappa shape index (κ2) is 7.23. The van der Waals surface area contributed by atoms with Crippen LogP contribution in [0.25, 0.3) is 0 Å². The summed E-state index contributed by atoms with van der Waals surface area (Å²) in [6.07, 6.45) is 0. The predicted octanol–water partition coefficient (Wildman–Crippen LogP) is 4.06. The number of hydrogen-bond acceptors (Lipinski definition) is 3. The standard InChI is InChI=1S/C18H24N2O/c1-13(2)15-8-10-16(11-9-15)14(3)19-12-17-6-5-7-18(20-17)21-4/h5-11,13-14,19H,12H2,1-4H3. The smallest absolute Gasteiger partial charge is 0.213 e. The van der Waals surface area contributed by atoms with Crippen LogP contribution in [0.15, 0.2) is 42.5 Å². The van der Waals surface area contributed by atoms with E-state index in [2.05, 4.69) is 55.3 Å². The molecule has 1 heterocycles. The van der Waals surface area contributed by atoms with Gasteiger partial charge in [0.2, 0.25) is 5.88 Å². The minimum atomic E-state index is 0.291. The molecule has 3 nitrogen and oxygen atoms in total. The summed E-state index contributed by atoms with van der Waals surface area (Å²) < 4.78 is 5.14. The molecule has 0 aliphatic heterocycles. The van der Waals surface area contributed by atoms with Gasteiger partial charge in [-0.1, -0.05) is 44.2 Å². The number of pyridine rings is 1. The molecule has 2 rings (SSSR count). The molecule has 0 radical (unpaired) electrons. The number of benzene rings is 1. The zero-order valence-electron chi connectivity index (χ0n) is 13.3. The normalized spacial score (nSPS) is 12.4. The lowest BCUT2D eigenvalue weighted by atomic mass is 9.99. The minimum absolute atomic E-state index is 0.291. The molecule has 0 amide bonds. The molecule has 0 saturated carbocycles. The molecule has 1 unspecified atom stereocenters. The summed E-state index contributed by atoms with van der Waals surface area (Å²) in [6.45, 7) is 7.32. The van der Waals surface area contributed by atoms with Crippen molar-refractivity contribution in [2.24, 2.45) is 0 Å². The SMILES string of the molecule is COc1cccc(CNC(C)c2ccc(C(C)C)cc2)n1. The molecule has 0 spiro atoms. The average molecular weight is 284 g/mol. The van der Waals surface area contributed by atoms with E-state index in [1.54, 1.807) is 7.11 Å². The van der Waals surface area contributed by atoms with Crippen molar-refractivity contribution in [2.45, 2.75) is 39.3 Å². The van der Waals surface area contributed by atoms with Crippen LogP contribution in [0.5, 0.6) is 5.88 Å². The van der Waals surface area contributed by atoms with E-state index < -0.39 is 0 Å². The Morgan fingerprint density at radius 1 is 1.00 bits per heavy atom. The van der Waals surface area contributed by atoms with E-state index in [-0.39, 0.29) is 0 Å². The van der Waals surface area contributed by atoms with Crippen LogP contribution in [0.4, 0.5) is 0 Å². The van der Waals surface area contributed by atoms with Crippen molar-refractivity contribution in [3.8, 4) is 5.88 Å². The lowest BCUT2D eigenvalue weighted by molar-refractivity contribution is 0.395. The van der Waals surface area contributed by atoms with Crippen molar-refractivity contribution in [1.82, 2.24) is 10.3 Å². The van der Waals surface area contributed by atoms with Crippen molar-refractivity contribution in [3.05, 3.63) is 59.3 Å². The number of rotatable bonds is 6. The van der Waals surface area contributed by atoms with Crippen LogP contribution < -0.4 is 10.1 Å². The van der Waals surface area contributed by atoms with Gasteiger partial charge in [0.15, 0.2) is 0 Å².